The Morgan fingerprint density at radius 1 is 1.38 bits per heavy atom. The standard InChI is InChI=1S/C20H19FN4O/c1-3-6-13-10-14(12-15(21)11-13)16-7-5-9-25-18(22)17(24-19(16)25)20(26)23-8-4-2/h5,7,9-12H,4,8,22H2,1-2H3,(H,23,26). The molecule has 1 aromatic carbocycles. The molecule has 0 saturated heterocycles. The van der Waals surface area contributed by atoms with Crippen molar-refractivity contribution >= 4 is 17.4 Å². The van der Waals surface area contributed by atoms with E-state index in [4.69, 9.17) is 5.73 Å². The van der Waals surface area contributed by atoms with Crippen molar-refractivity contribution in [1.82, 2.24) is 14.7 Å². The van der Waals surface area contributed by atoms with Gasteiger partial charge in [0.25, 0.3) is 5.91 Å². The largest absolute Gasteiger partial charge is 0.383 e. The molecule has 6 heteroatoms. The summed E-state index contributed by atoms with van der Waals surface area (Å²) in [5.41, 5.74) is 8.64. The van der Waals surface area contributed by atoms with Crippen molar-refractivity contribution in [3.63, 3.8) is 0 Å². The van der Waals surface area contributed by atoms with Gasteiger partial charge in [0, 0.05) is 23.9 Å². The van der Waals surface area contributed by atoms with Crippen molar-refractivity contribution in [3.05, 3.63) is 53.6 Å². The summed E-state index contributed by atoms with van der Waals surface area (Å²) >= 11 is 0. The Labute approximate surface area is 151 Å². The zero-order valence-corrected chi connectivity index (χ0v) is 14.6. The minimum absolute atomic E-state index is 0.163. The first-order valence-corrected chi connectivity index (χ1v) is 8.33. The van der Waals surface area contributed by atoms with E-state index in [0.29, 0.717) is 28.9 Å². The highest BCUT2D eigenvalue weighted by Gasteiger charge is 2.19. The lowest BCUT2D eigenvalue weighted by Crippen LogP contribution is -2.25. The number of halogens is 1. The van der Waals surface area contributed by atoms with Crippen molar-refractivity contribution < 1.29 is 9.18 Å². The van der Waals surface area contributed by atoms with Gasteiger partial charge in [-0.1, -0.05) is 12.8 Å². The molecule has 0 spiro atoms. The number of nitrogens with one attached hydrogen (secondary N) is 1. The lowest BCUT2D eigenvalue weighted by molar-refractivity contribution is 0.0950. The fourth-order valence-corrected chi connectivity index (χ4v) is 2.76. The highest BCUT2D eigenvalue weighted by molar-refractivity contribution is 5.98. The van der Waals surface area contributed by atoms with Gasteiger partial charge in [0.05, 0.1) is 0 Å². The highest BCUT2D eigenvalue weighted by atomic mass is 19.1. The van der Waals surface area contributed by atoms with Crippen molar-refractivity contribution in [2.75, 3.05) is 12.3 Å². The summed E-state index contributed by atoms with van der Waals surface area (Å²) in [7, 11) is 0. The molecule has 3 rings (SSSR count). The first-order valence-electron chi connectivity index (χ1n) is 8.33. The van der Waals surface area contributed by atoms with Crippen LogP contribution in [0.1, 0.15) is 36.3 Å². The van der Waals surface area contributed by atoms with Crippen LogP contribution in [0.4, 0.5) is 10.2 Å². The average Bonchev–Trinajstić information content (AvgIpc) is 2.96. The van der Waals surface area contributed by atoms with Gasteiger partial charge in [-0.15, -0.1) is 5.92 Å². The molecule has 0 fully saturated rings. The number of anilines is 1. The average molecular weight is 350 g/mol. The van der Waals surface area contributed by atoms with Crippen LogP contribution in [0.3, 0.4) is 0 Å². The number of benzene rings is 1. The van der Waals surface area contributed by atoms with Crippen LogP contribution in [0.15, 0.2) is 36.5 Å². The normalized spacial score (nSPS) is 10.4. The molecular formula is C20H19FN4O. The van der Waals surface area contributed by atoms with Gasteiger partial charge in [-0.3, -0.25) is 9.20 Å². The monoisotopic (exact) mass is 350 g/mol. The number of aromatic nitrogens is 2. The second-order valence-electron chi connectivity index (χ2n) is 5.82. The number of hydrogen-bond donors (Lipinski definition) is 2. The van der Waals surface area contributed by atoms with Crippen LogP contribution < -0.4 is 11.1 Å². The van der Waals surface area contributed by atoms with Crippen LogP contribution in [0.2, 0.25) is 0 Å². The number of amides is 1. The highest BCUT2D eigenvalue weighted by Crippen LogP contribution is 2.28. The first-order chi connectivity index (χ1) is 12.5. The van der Waals surface area contributed by atoms with E-state index in [1.165, 1.54) is 12.1 Å². The minimum Gasteiger partial charge on any atom is -0.383 e. The number of imidazole rings is 1. The number of nitrogens with zero attached hydrogens (tertiary/aromatic N) is 2. The maximum Gasteiger partial charge on any atom is 0.273 e. The van der Waals surface area contributed by atoms with Crippen LogP contribution >= 0.6 is 0 Å². The minimum atomic E-state index is -0.386. The maximum absolute atomic E-state index is 14.0. The van der Waals surface area contributed by atoms with Gasteiger partial charge in [0.2, 0.25) is 0 Å². The third kappa shape index (κ3) is 3.24. The van der Waals surface area contributed by atoms with E-state index < -0.39 is 0 Å². The summed E-state index contributed by atoms with van der Waals surface area (Å²) in [4.78, 5) is 16.7. The summed E-state index contributed by atoms with van der Waals surface area (Å²) in [5, 5.41) is 2.77. The number of hydrogen-bond acceptors (Lipinski definition) is 3. The van der Waals surface area contributed by atoms with Gasteiger partial charge in [-0.2, -0.15) is 0 Å². The molecule has 26 heavy (non-hydrogen) atoms. The Kier molecular flexibility index (Phi) is 4.90. The first kappa shape index (κ1) is 17.5. The maximum atomic E-state index is 14.0. The molecule has 132 valence electrons. The SMILES string of the molecule is CC#Cc1cc(F)cc(-c2cccn3c(N)c(C(=O)NCCC)nc23)c1. The zero-order valence-electron chi connectivity index (χ0n) is 14.6. The Morgan fingerprint density at radius 3 is 2.92 bits per heavy atom. The Bertz CT molecular complexity index is 1040. The number of pyridine rings is 1. The van der Waals surface area contributed by atoms with E-state index in [1.807, 2.05) is 13.0 Å². The van der Waals surface area contributed by atoms with Gasteiger partial charge in [0.1, 0.15) is 17.3 Å². The number of nitrogen functional groups attached to an aromatic ring is 1. The Balaban J connectivity index is 2.16. The van der Waals surface area contributed by atoms with E-state index in [0.717, 1.165) is 6.42 Å². The molecule has 0 aliphatic rings. The molecule has 0 atom stereocenters. The molecule has 0 radical (unpaired) electrons. The lowest BCUT2D eigenvalue weighted by Gasteiger charge is -2.06. The summed E-state index contributed by atoms with van der Waals surface area (Å²) in [6, 6.07) is 8.18. The summed E-state index contributed by atoms with van der Waals surface area (Å²) in [6.07, 6.45) is 2.54. The van der Waals surface area contributed by atoms with Gasteiger partial charge < -0.3 is 11.1 Å². The van der Waals surface area contributed by atoms with E-state index in [9.17, 15) is 9.18 Å². The van der Waals surface area contributed by atoms with Crippen LogP contribution in [0, 0.1) is 17.7 Å². The molecule has 5 nitrogen and oxygen atoms in total. The smallest absolute Gasteiger partial charge is 0.273 e. The van der Waals surface area contributed by atoms with Crippen molar-refractivity contribution in [3.8, 4) is 23.0 Å². The number of rotatable bonds is 4. The van der Waals surface area contributed by atoms with Gasteiger partial charge in [0.15, 0.2) is 5.69 Å². The molecule has 3 aromatic rings. The van der Waals surface area contributed by atoms with Crippen molar-refractivity contribution in [2.45, 2.75) is 20.3 Å². The fraction of sp³-hybridized carbons (Fsp3) is 0.200. The van der Waals surface area contributed by atoms with E-state index in [-0.39, 0.29) is 23.2 Å². The molecule has 0 aliphatic carbocycles. The quantitative estimate of drug-likeness (QED) is 0.710. The van der Waals surface area contributed by atoms with Crippen LogP contribution in [0.25, 0.3) is 16.8 Å². The molecule has 2 heterocycles. The lowest BCUT2D eigenvalue weighted by atomic mass is 10.0. The van der Waals surface area contributed by atoms with Gasteiger partial charge >= 0.3 is 0 Å². The summed E-state index contributed by atoms with van der Waals surface area (Å²) in [6.45, 7) is 4.20. The fourth-order valence-electron chi connectivity index (χ4n) is 2.76. The van der Waals surface area contributed by atoms with E-state index >= 15 is 0 Å². The Hall–Kier alpha value is -3.33. The molecule has 1 amide bonds. The van der Waals surface area contributed by atoms with Crippen LogP contribution in [-0.4, -0.2) is 21.8 Å². The Morgan fingerprint density at radius 2 is 2.19 bits per heavy atom. The molecule has 0 saturated carbocycles. The summed E-state index contributed by atoms with van der Waals surface area (Å²) < 4.78 is 15.6. The van der Waals surface area contributed by atoms with Crippen molar-refractivity contribution in [1.29, 1.82) is 0 Å². The van der Waals surface area contributed by atoms with Gasteiger partial charge in [-0.25, -0.2) is 9.37 Å². The number of fused-ring (bicyclic) bond motifs is 1. The third-order valence-corrected chi connectivity index (χ3v) is 3.92. The molecule has 0 unspecified atom stereocenters. The van der Waals surface area contributed by atoms with Crippen molar-refractivity contribution in [2.24, 2.45) is 0 Å². The molecule has 3 N–H and O–H groups in total. The zero-order chi connectivity index (χ0) is 18.7. The van der Waals surface area contributed by atoms with E-state index in [1.54, 1.807) is 29.7 Å². The molecule has 2 aromatic heterocycles. The second-order valence-corrected chi connectivity index (χ2v) is 5.82. The molecular weight excluding hydrogens is 331 g/mol. The summed E-state index contributed by atoms with van der Waals surface area (Å²) in [5.74, 6) is 5.16. The third-order valence-electron chi connectivity index (χ3n) is 3.92. The number of carbonyl (C=O) groups excluding carboxylic acids is 1. The predicted molar refractivity (Wildman–Crippen MR) is 100 cm³/mol. The topological polar surface area (TPSA) is 72.4 Å². The van der Waals surface area contributed by atoms with Gasteiger partial charge in [-0.05, 0) is 49.2 Å². The predicted octanol–water partition coefficient (Wildman–Crippen LogP) is 3.23. The van der Waals surface area contributed by atoms with Crippen LogP contribution in [0.5, 0.6) is 0 Å². The number of nitrogens with two attached hydrogens (primary N) is 1. The molecule has 0 bridgehead atoms. The molecule has 0 aliphatic heterocycles. The van der Waals surface area contributed by atoms with Crippen LogP contribution in [-0.2, 0) is 0 Å². The van der Waals surface area contributed by atoms with E-state index in [2.05, 4.69) is 22.1 Å². The number of carbonyl (C=O) groups is 1. The second kappa shape index (κ2) is 7.28.